The van der Waals surface area contributed by atoms with Crippen LogP contribution in [0.3, 0.4) is 0 Å². The minimum absolute atomic E-state index is 0.206. The van der Waals surface area contributed by atoms with E-state index in [0.717, 1.165) is 19.4 Å². The first-order valence-electron chi connectivity index (χ1n) is 5.14. The van der Waals surface area contributed by atoms with Gasteiger partial charge in [-0.1, -0.05) is 12.2 Å². The Bertz CT molecular complexity index is 210. The SMILES string of the molecule is COC1CCN(C(C)C(N)=S)C(C)C1. The molecule has 0 bridgehead atoms. The molecule has 3 nitrogen and oxygen atoms in total. The van der Waals surface area contributed by atoms with E-state index >= 15 is 0 Å². The van der Waals surface area contributed by atoms with Gasteiger partial charge in [-0.05, 0) is 26.7 Å². The Kier molecular flexibility index (Phi) is 4.29. The van der Waals surface area contributed by atoms with E-state index in [1.165, 1.54) is 0 Å². The predicted molar refractivity (Wildman–Crippen MR) is 62.4 cm³/mol. The zero-order valence-electron chi connectivity index (χ0n) is 9.19. The fourth-order valence-electron chi connectivity index (χ4n) is 2.10. The number of nitrogens with two attached hydrogens (primary N) is 1. The lowest BCUT2D eigenvalue weighted by Gasteiger charge is -2.40. The summed E-state index contributed by atoms with van der Waals surface area (Å²) < 4.78 is 5.36. The fourth-order valence-corrected chi connectivity index (χ4v) is 2.24. The Morgan fingerprint density at radius 3 is 2.71 bits per heavy atom. The van der Waals surface area contributed by atoms with Crippen LogP contribution in [0.5, 0.6) is 0 Å². The van der Waals surface area contributed by atoms with E-state index in [2.05, 4.69) is 18.7 Å². The van der Waals surface area contributed by atoms with Crippen LogP contribution in [0.2, 0.25) is 0 Å². The van der Waals surface area contributed by atoms with Crippen molar-refractivity contribution in [2.75, 3.05) is 13.7 Å². The van der Waals surface area contributed by atoms with Crippen molar-refractivity contribution in [3.63, 3.8) is 0 Å². The standard InChI is InChI=1S/C10H20N2OS/c1-7-6-9(13-3)4-5-12(7)8(2)10(11)14/h7-9H,4-6H2,1-3H3,(H2,11,14). The third-order valence-electron chi connectivity index (χ3n) is 3.12. The number of nitrogens with zero attached hydrogens (tertiary/aromatic N) is 1. The van der Waals surface area contributed by atoms with Gasteiger partial charge in [0.05, 0.1) is 17.1 Å². The lowest BCUT2D eigenvalue weighted by Crippen LogP contribution is -2.51. The molecule has 1 heterocycles. The highest BCUT2D eigenvalue weighted by atomic mass is 32.1. The van der Waals surface area contributed by atoms with E-state index in [4.69, 9.17) is 22.7 Å². The highest BCUT2D eigenvalue weighted by Crippen LogP contribution is 2.21. The molecular formula is C10H20N2OS. The van der Waals surface area contributed by atoms with Crippen LogP contribution in [0.4, 0.5) is 0 Å². The molecule has 0 saturated carbocycles. The van der Waals surface area contributed by atoms with E-state index in [1.54, 1.807) is 7.11 Å². The first-order valence-corrected chi connectivity index (χ1v) is 5.55. The molecule has 1 aliphatic rings. The van der Waals surface area contributed by atoms with Crippen molar-refractivity contribution in [1.29, 1.82) is 0 Å². The molecule has 1 aliphatic heterocycles. The van der Waals surface area contributed by atoms with Crippen LogP contribution in [-0.4, -0.2) is 41.7 Å². The van der Waals surface area contributed by atoms with E-state index in [-0.39, 0.29) is 6.04 Å². The summed E-state index contributed by atoms with van der Waals surface area (Å²) in [5.41, 5.74) is 5.65. The van der Waals surface area contributed by atoms with Crippen LogP contribution in [0.1, 0.15) is 26.7 Å². The maximum Gasteiger partial charge on any atom is 0.0899 e. The Hall–Kier alpha value is -0.190. The Balaban J connectivity index is 2.53. The van der Waals surface area contributed by atoms with Gasteiger partial charge in [0.15, 0.2) is 0 Å². The van der Waals surface area contributed by atoms with Crippen LogP contribution in [0.25, 0.3) is 0 Å². The molecule has 2 N–H and O–H groups in total. The molecule has 0 aromatic heterocycles. The molecule has 0 aromatic carbocycles. The molecule has 0 amide bonds. The van der Waals surface area contributed by atoms with Crippen LogP contribution in [0.15, 0.2) is 0 Å². The van der Waals surface area contributed by atoms with E-state index in [1.807, 2.05) is 0 Å². The number of piperidine rings is 1. The summed E-state index contributed by atoms with van der Waals surface area (Å²) in [6.45, 7) is 5.31. The van der Waals surface area contributed by atoms with Gasteiger partial charge < -0.3 is 10.5 Å². The first kappa shape index (κ1) is 11.9. The van der Waals surface area contributed by atoms with Crippen molar-refractivity contribution in [2.24, 2.45) is 5.73 Å². The minimum atomic E-state index is 0.206. The third-order valence-corrected chi connectivity index (χ3v) is 3.46. The summed E-state index contributed by atoms with van der Waals surface area (Å²) in [5.74, 6) is 0. The molecule has 3 atom stereocenters. The van der Waals surface area contributed by atoms with Crippen molar-refractivity contribution in [2.45, 2.75) is 44.9 Å². The summed E-state index contributed by atoms with van der Waals surface area (Å²) in [4.78, 5) is 2.95. The Labute approximate surface area is 91.6 Å². The fraction of sp³-hybridized carbons (Fsp3) is 0.900. The summed E-state index contributed by atoms with van der Waals surface area (Å²) >= 11 is 5.01. The number of ether oxygens (including phenoxy) is 1. The number of rotatable bonds is 3. The van der Waals surface area contributed by atoms with Gasteiger partial charge in [0, 0.05) is 19.7 Å². The summed E-state index contributed by atoms with van der Waals surface area (Å²) in [6, 6.07) is 0.711. The van der Waals surface area contributed by atoms with Crippen molar-refractivity contribution < 1.29 is 4.74 Å². The second kappa shape index (κ2) is 5.05. The maximum atomic E-state index is 5.65. The first-order chi connectivity index (χ1) is 6.56. The van der Waals surface area contributed by atoms with Crippen LogP contribution >= 0.6 is 12.2 Å². The molecule has 1 rings (SSSR count). The molecule has 0 spiro atoms. The summed E-state index contributed by atoms with van der Waals surface area (Å²) in [5, 5.41) is 0. The Morgan fingerprint density at radius 1 is 1.64 bits per heavy atom. The molecular weight excluding hydrogens is 196 g/mol. The van der Waals surface area contributed by atoms with Gasteiger partial charge in [-0.15, -0.1) is 0 Å². The van der Waals surface area contributed by atoms with Crippen molar-refractivity contribution in [3.05, 3.63) is 0 Å². The second-order valence-corrected chi connectivity index (χ2v) is 4.52. The van der Waals surface area contributed by atoms with E-state index in [9.17, 15) is 0 Å². The summed E-state index contributed by atoms with van der Waals surface area (Å²) in [7, 11) is 1.78. The van der Waals surface area contributed by atoms with Gasteiger partial charge in [-0.3, -0.25) is 4.90 Å². The maximum absolute atomic E-state index is 5.65. The van der Waals surface area contributed by atoms with Crippen molar-refractivity contribution >= 4 is 17.2 Å². The van der Waals surface area contributed by atoms with Gasteiger partial charge >= 0.3 is 0 Å². The zero-order valence-corrected chi connectivity index (χ0v) is 10.0. The zero-order chi connectivity index (χ0) is 10.7. The van der Waals surface area contributed by atoms with Crippen molar-refractivity contribution in [3.8, 4) is 0 Å². The molecule has 0 aromatic rings. The highest BCUT2D eigenvalue weighted by Gasteiger charge is 2.29. The quantitative estimate of drug-likeness (QED) is 0.719. The molecule has 0 aliphatic carbocycles. The van der Waals surface area contributed by atoms with Gasteiger partial charge in [0.25, 0.3) is 0 Å². The number of methoxy groups -OCH3 is 1. The smallest absolute Gasteiger partial charge is 0.0899 e. The van der Waals surface area contributed by atoms with Crippen molar-refractivity contribution in [1.82, 2.24) is 4.90 Å². The highest BCUT2D eigenvalue weighted by molar-refractivity contribution is 7.80. The van der Waals surface area contributed by atoms with E-state index < -0.39 is 0 Å². The van der Waals surface area contributed by atoms with Gasteiger partial charge in [0.1, 0.15) is 0 Å². The van der Waals surface area contributed by atoms with Gasteiger partial charge in [-0.2, -0.15) is 0 Å². The topological polar surface area (TPSA) is 38.5 Å². The number of hydrogen-bond acceptors (Lipinski definition) is 3. The normalized spacial score (nSPS) is 31.4. The van der Waals surface area contributed by atoms with E-state index in [0.29, 0.717) is 17.1 Å². The number of likely N-dealkylation sites (tertiary alicyclic amines) is 1. The average Bonchev–Trinajstić information content (AvgIpc) is 2.16. The lowest BCUT2D eigenvalue weighted by molar-refractivity contribution is 0.0113. The van der Waals surface area contributed by atoms with Crippen LogP contribution in [0, 0.1) is 0 Å². The lowest BCUT2D eigenvalue weighted by atomic mass is 9.99. The number of thiocarbonyl (C=S) groups is 1. The molecule has 3 unspecified atom stereocenters. The monoisotopic (exact) mass is 216 g/mol. The number of hydrogen-bond donors (Lipinski definition) is 1. The molecule has 1 saturated heterocycles. The minimum Gasteiger partial charge on any atom is -0.392 e. The summed E-state index contributed by atoms with van der Waals surface area (Å²) in [6.07, 6.45) is 2.55. The molecule has 1 fully saturated rings. The largest absolute Gasteiger partial charge is 0.392 e. The Morgan fingerprint density at radius 2 is 2.29 bits per heavy atom. The van der Waals surface area contributed by atoms with Gasteiger partial charge in [0.2, 0.25) is 0 Å². The molecule has 14 heavy (non-hydrogen) atoms. The second-order valence-electron chi connectivity index (χ2n) is 4.05. The molecule has 0 radical (unpaired) electrons. The predicted octanol–water partition coefficient (Wildman–Crippen LogP) is 1.16. The van der Waals surface area contributed by atoms with Gasteiger partial charge in [-0.25, -0.2) is 0 Å². The molecule has 82 valence electrons. The third kappa shape index (κ3) is 2.65. The average molecular weight is 216 g/mol. The molecule has 4 heteroatoms. The van der Waals surface area contributed by atoms with Crippen LogP contribution < -0.4 is 5.73 Å². The van der Waals surface area contributed by atoms with Crippen LogP contribution in [-0.2, 0) is 4.74 Å².